The fourth-order valence-electron chi connectivity index (χ4n) is 5.79. The van der Waals surface area contributed by atoms with Crippen molar-refractivity contribution in [1.29, 1.82) is 0 Å². The van der Waals surface area contributed by atoms with Crippen LogP contribution in [0, 0.1) is 25.0 Å². The first-order chi connectivity index (χ1) is 22.6. The minimum absolute atomic E-state index is 0. The second-order valence-corrected chi connectivity index (χ2v) is 24.8. The van der Waals surface area contributed by atoms with Crippen molar-refractivity contribution in [3.63, 3.8) is 0 Å². The SMILES string of the molecule is [2H]C([2H])(c1ccnc(-c2[c-]ccc3c2sc2cc4cc(C)ccc4cc23)c1)C1CCC1.[CH3][Ge]([CH3])([CH3])[c]1ccc(-c2[c-]cccc2)nc1.[Ir]. The van der Waals surface area contributed by atoms with Gasteiger partial charge in [-0.2, -0.15) is 11.3 Å². The van der Waals surface area contributed by atoms with E-state index in [4.69, 9.17) is 2.74 Å². The molecule has 1 fully saturated rings. The number of thiophene rings is 1. The maximum atomic E-state index is 8.67. The van der Waals surface area contributed by atoms with Crippen LogP contribution in [-0.4, -0.2) is 23.2 Å². The maximum absolute atomic E-state index is 8.67. The molecule has 1 radical (unpaired) electrons. The molecule has 0 amide bonds. The molecule has 1 saturated carbocycles. The van der Waals surface area contributed by atoms with Gasteiger partial charge in [-0.1, -0.05) is 60.0 Å². The number of aryl methyl sites for hydroxylation is 1. The molecular formula is C41H38GeIrN2S-2. The normalized spacial score (nSPS) is 14.2. The number of fused-ring (bicyclic) bond motifs is 4. The zero-order valence-corrected chi connectivity index (χ0v) is 32.0. The smallest absolute Gasteiger partial charge is 0 e. The molecule has 0 spiro atoms. The number of benzene rings is 4. The molecule has 0 saturated heterocycles. The van der Waals surface area contributed by atoms with Crippen LogP contribution < -0.4 is 4.40 Å². The van der Waals surface area contributed by atoms with Gasteiger partial charge in [-0.25, -0.2) is 0 Å². The molecule has 4 aromatic carbocycles. The van der Waals surface area contributed by atoms with E-state index in [0.29, 0.717) is 0 Å². The molecule has 1 aliphatic rings. The second kappa shape index (κ2) is 13.9. The summed E-state index contributed by atoms with van der Waals surface area (Å²) in [5, 5.41) is 4.98. The molecule has 233 valence electrons. The molecule has 3 aromatic heterocycles. The molecule has 5 heteroatoms. The summed E-state index contributed by atoms with van der Waals surface area (Å²) < 4.78 is 21.2. The number of nitrogens with zero attached hydrogens (tertiary/aromatic N) is 2. The standard InChI is InChI=1S/C27H22NS.C14H16GeN.Ir/c1-17-8-9-20-15-24-22-6-3-7-23(27(22)29-26(24)16-21(20)12-17)25-14-19(10-11-28-25)13-18-4-2-5-18;1-15(2,3)13-9-10-14(16-11-13)12-7-5-4-6-8-12;/h3,6,8-12,14-16,18H,2,4-5,13H2,1H3;4-7,9-11H,1-3H3;/q2*-1;/i13D2;;. The van der Waals surface area contributed by atoms with Crippen molar-refractivity contribution in [2.75, 3.05) is 0 Å². The Morgan fingerprint density at radius 2 is 1.72 bits per heavy atom. The maximum Gasteiger partial charge on any atom is 0 e. The van der Waals surface area contributed by atoms with Crippen LogP contribution in [-0.2, 0) is 26.5 Å². The van der Waals surface area contributed by atoms with Gasteiger partial charge >= 0.3 is 99.8 Å². The number of aromatic nitrogens is 2. The Morgan fingerprint density at radius 1 is 0.848 bits per heavy atom. The molecule has 7 aromatic rings. The Morgan fingerprint density at radius 3 is 2.43 bits per heavy atom. The van der Waals surface area contributed by atoms with E-state index in [2.05, 4.69) is 94.8 Å². The van der Waals surface area contributed by atoms with Gasteiger partial charge in [0.2, 0.25) is 0 Å². The van der Waals surface area contributed by atoms with E-state index in [0.717, 1.165) is 47.3 Å². The van der Waals surface area contributed by atoms with Crippen LogP contribution in [0.4, 0.5) is 0 Å². The van der Waals surface area contributed by atoms with Gasteiger partial charge in [0.1, 0.15) is 0 Å². The van der Waals surface area contributed by atoms with E-state index in [1.54, 1.807) is 17.5 Å². The van der Waals surface area contributed by atoms with Gasteiger partial charge in [-0.05, 0) is 64.0 Å². The third kappa shape index (κ3) is 7.06. The first-order valence-corrected chi connectivity index (χ1v) is 23.9. The second-order valence-electron chi connectivity index (χ2n) is 13.1. The van der Waals surface area contributed by atoms with Gasteiger partial charge in [-0.15, -0.1) is 23.8 Å². The molecule has 0 bridgehead atoms. The van der Waals surface area contributed by atoms with E-state index >= 15 is 0 Å². The van der Waals surface area contributed by atoms with Crippen LogP contribution in [0.5, 0.6) is 0 Å². The summed E-state index contributed by atoms with van der Waals surface area (Å²) in [7, 11) is 0. The summed E-state index contributed by atoms with van der Waals surface area (Å²) in [6, 6.07) is 37.9. The molecule has 0 atom stereocenters. The molecule has 2 nitrogen and oxygen atoms in total. The summed E-state index contributed by atoms with van der Waals surface area (Å²) >= 11 is 0.0583. The van der Waals surface area contributed by atoms with Crippen LogP contribution in [0.3, 0.4) is 0 Å². The first-order valence-electron chi connectivity index (χ1n) is 16.8. The van der Waals surface area contributed by atoms with Crippen LogP contribution in [0.25, 0.3) is 53.5 Å². The molecule has 0 unspecified atom stereocenters. The van der Waals surface area contributed by atoms with Gasteiger partial charge in [0.05, 0.1) is 0 Å². The van der Waals surface area contributed by atoms with Gasteiger partial charge in [0, 0.05) is 33.7 Å². The Hall–Kier alpha value is -3.15. The zero-order chi connectivity index (χ0) is 32.8. The number of hydrogen-bond acceptors (Lipinski definition) is 3. The van der Waals surface area contributed by atoms with Gasteiger partial charge in [0.15, 0.2) is 0 Å². The summed E-state index contributed by atoms with van der Waals surface area (Å²) in [6.45, 7) is 2.13. The van der Waals surface area contributed by atoms with Crippen molar-refractivity contribution in [2.24, 2.45) is 5.92 Å². The fourth-order valence-corrected chi connectivity index (χ4v) is 9.20. The van der Waals surface area contributed by atoms with Crippen LogP contribution >= 0.6 is 11.3 Å². The van der Waals surface area contributed by atoms with Crippen LogP contribution in [0.2, 0.25) is 17.3 Å². The summed E-state index contributed by atoms with van der Waals surface area (Å²) in [5.41, 5.74) is 5.84. The number of rotatable bonds is 5. The average Bonchev–Trinajstić information content (AvgIpc) is 3.40. The van der Waals surface area contributed by atoms with E-state index in [1.165, 1.54) is 40.9 Å². The zero-order valence-electron chi connectivity index (χ0n) is 28.6. The van der Waals surface area contributed by atoms with Gasteiger partial charge in [-0.3, -0.25) is 0 Å². The van der Waals surface area contributed by atoms with Crippen molar-refractivity contribution in [1.82, 2.24) is 9.97 Å². The largest absolute Gasteiger partial charge is 0 e. The summed E-state index contributed by atoms with van der Waals surface area (Å²) in [4.78, 5) is 9.15. The minimum Gasteiger partial charge on any atom is 0 e. The van der Waals surface area contributed by atoms with E-state index < -0.39 is 19.6 Å². The molecular weight excluding hydrogens is 817 g/mol. The number of hydrogen-bond donors (Lipinski definition) is 0. The summed E-state index contributed by atoms with van der Waals surface area (Å²) in [5.74, 6) is 7.25. The molecule has 8 rings (SSSR count). The Kier molecular flexibility index (Phi) is 9.14. The molecule has 0 aliphatic heterocycles. The van der Waals surface area contributed by atoms with E-state index in [1.807, 2.05) is 48.7 Å². The van der Waals surface area contributed by atoms with E-state index in [9.17, 15) is 0 Å². The predicted octanol–water partition coefficient (Wildman–Crippen LogP) is 10.8. The number of pyridine rings is 2. The van der Waals surface area contributed by atoms with Crippen molar-refractivity contribution in [3.05, 3.63) is 127 Å². The van der Waals surface area contributed by atoms with Gasteiger partial charge in [0.25, 0.3) is 0 Å². The minimum atomic E-state index is -1.72. The Balaban J connectivity index is 0.000000201. The first kappa shape index (κ1) is 30.2. The Labute approximate surface area is 295 Å². The Bertz CT molecular complexity index is 2210. The third-order valence-electron chi connectivity index (χ3n) is 8.65. The molecule has 0 N–H and O–H groups in total. The molecule has 1 aliphatic carbocycles. The van der Waals surface area contributed by atoms with Crippen molar-refractivity contribution < 1.29 is 22.8 Å². The predicted molar refractivity (Wildman–Crippen MR) is 196 cm³/mol. The molecule has 3 heterocycles. The molecule has 46 heavy (non-hydrogen) atoms. The summed E-state index contributed by atoms with van der Waals surface area (Å²) in [6.07, 6.45) is 5.55. The van der Waals surface area contributed by atoms with Crippen molar-refractivity contribution in [2.45, 2.75) is 49.8 Å². The fraction of sp³-hybridized carbons (Fsp3) is 0.220. The van der Waals surface area contributed by atoms with Crippen molar-refractivity contribution >= 4 is 59.9 Å². The quantitative estimate of drug-likeness (QED) is 0.127. The van der Waals surface area contributed by atoms with Crippen LogP contribution in [0.1, 0.15) is 33.1 Å². The monoisotopic (exact) mass is 859 g/mol. The van der Waals surface area contributed by atoms with Crippen LogP contribution in [0.15, 0.2) is 103 Å². The van der Waals surface area contributed by atoms with E-state index in [-0.39, 0.29) is 26.0 Å². The van der Waals surface area contributed by atoms with Gasteiger partial charge < -0.3 is 4.98 Å². The van der Waals surface area contributed by atoms with Crippen molar-refractivity contribution in [3.8, 4) is 22.5 Å². The third-order valence-corrected chi connectivity index (χ3v) is 14.1. The average molecular weight is 858 g/mol. The topological polar surface area (TPSA) is 25.8 Å².